The molecule has 2 N–H and O–H groups in total. The SMILES string of the molecule is COCCNC(=O)c1ccc2c(c1)NC(=O)C(N1CCOCC1)S2. The van der Waals surface area contributed by atoms with Crippen molar-refractivity contribution in [2.45, 2.75) is 10.3 Å². The van der Waals surface area contributed by atoms with E-state index in [1.807, 2.05) is 6.07 Å². The largest absolute Gasteiger partial charge is 0.383 e. The van der Waals surface area contributed by atoms with Gasteiger partial charge in [-0.15, -0.1) is 0 Å². The third-order valence-electron chi connectivity index (χ3n) is 3.93. The molecule has 8 heteroatoms. The van der Waals surface area contributed by atoms with Crippen LogP contribution >= 0.6 is 11.8 Å². The van der Waals surface area contributed by atoms with E-state index in [9.17, 15) is 9.59 Å². The molecule has 0 radical (unpaired) electrons. The predicted molar refractivity (Wildman–Crippen MR) is 91.3 cm³/mol. The third kappa shape index (κ3) is 3.89. The van der Waals surface area contributed by atoms with E-state index in [1.165, 1.54) is 11.8 Å². The number of amides is 2. The van der Waals surface area contributed by atoms with E-state index in [0.717, 1.165) is 18.0 Å². The molecular weight excluding hydrogens is 330 g/mol. The van der Waals surface area contributed by atoms with Crippen molar-refractivity contribution in [1.82, 2.24) is 10.2 Å². The Balaban J connectivity index is 1.69. The quantitative estimate of drug-likeness (QED) is 0.763. The second kappa shape index (κ2) is 7.98. The van der Waals surface area contributed by atoms with Crippen molar-refractivity contribution in [2.75, 3.05) is 51.9 Å². The molecule has 130 valence electrons. The highest BCUT2D eigenvalue weighted by Crippen LogP contribution is 2.37. The second-order valence-corrected chi connectivity index (χ2v) is 6.69. The maximum absolute atomic E-state index is 12.4. The topological polar surface area (TPSA) is 79.9 Å². The van der Waals surface area contributed by atoms with Gasteiger partial charge in [0.25, 0.3) is 11.8 Å². The van der Waals surface area contributed by atoms with Crippen LogP contribution in [0.5, 0.6) is 0 Å². The number of hydrogen-bond acceptors (Lipinski definition) is 6. The van der Waals surface area contributed by atoms with Crippen molar-refractivity contribution in [3.8, 4) is 0 Å². The molecule has 1 saturated heterocycles. The van der Waals surface area contributed by atoms with E-state index in [-0.39, 0.29) is 17.2 Å². The first kappa shape index (κ1) is 17.2. The van der Waals surface area contributed by atoms with E-state index in [4.69, 9.17) is 9.47 Å². The highest BCUT2D eigenvalue weighted by molar-refractivity contribution is 8.00. The summed E-state index contributed by atoms with van der Waals surface area (Å²) in [5, 5.41) is 5.45. The molecule has 1 atom stereocenters. The molecule has 0 aliphatic carbocycles. The molecular formula is C16H21N3O4S. The molecule has 7 nitrogen and oxygen atoms in total. The van der Waals surface area contributed by atoms with Crippen LogP contribution in [0.4, 0.5) is 5.69 Å². The number of nitrogens with zero attached hydrogens (tertiary/aromatic N) is 1. The lowest BCUT2D eigenvalue weighted by Gasteiger charge is -2.35. The van der Waals surface area contributed by atoms with E-state index < -0.39 is 0 Å². The van der Waals surface area contributed by atoms with Gasteiger partial charge in [-0.2, -0.15) is 0 Å². The average molecular weight is 351 g/mol. The first-order valence-corrected chi connectivity index (χ1v) is 8.77. The summed E-state index contributed by atoms with van der Waals surface area (Å²) in [6.45, 7) is 3.72. The van der Waals surface area contributed by atoms with Gasteiger partial charge in [-0.3, -0.25) is 14.5 Å². The molecule has 1 aromatic carbocycles. The normalized spacial score (nSPS) is 21.0. The zero-order chi connectivity index (χ0) is 16.9. The van der Waals surface area contributed by atoms with Gasteiger partial charge in [0, 0.05) is 37.2 Å². The van der Waals surface area contributed by atoms with Gasteiger partial charge in [-0.25, -0.2) is 0 Å². The fraction of sp³-hybridized carbons (Fsp3) is 0.500. The molecule has 2 aliphatic heterocycles. The zero-order valence-electron chi connectivity index (χ0n) is 13.5. The number of hydrogen-bond donors (Lipinski definition) is 2. The standard InChI is InChI=1S/C16H21N3O4S/c1-22-7-4-17-14(20)11-2-3-13-12(10-11)18-15(21)16(24-13)19-5-8-23-9-6-19/h2-3,10,16H,4-9H2,1H3,(H,17,20)(H,18,21). The van der Waals surface area contributed by atoms with Crippen LogP contribution in [-0.4, -0.2) is 68.7 Å². The zero-order valence-corrected chi connectivity index (χ0v) is 14.4. The third-order valence-corrected chi connectivity index (χ3v) is 5.28. The molecule has 2 amide bonds. The van der Waals surface area contributed by atoms with E-state index in [0.29, 0.717) is 37.6 Å². The molecule has 24 heavy (non-hydrogen) atoms. The number of morpholine rings is 1. The number of nitrogens with one attached hydrogen (secondary N) is 2. The van der Waals surface area contributed by atoms with Crippen molar-refractivity contribution >= 4 is 29.3 Å². The Morgan fingerprint density at radius 1 is 1.46 bits per heavy atom. The molecule has 0 saturated carbocycles. The van der Waals surface area contributed by atoms with Crippen LogP contribution < -0.4 is 10.6 Å². The van der Waals surface area contributed by atoms with Crippen molar-refractivity contribution in [3.05, 3.63) is 23.8 Å². The Bertz CT molecular complexity index is 619. The van der Waals surface area contributed by atoms with Gasteiger partial charge in [0.05, 0.1) is 25.5 Å². The summed E-state index contributed by atoms with van der Waals surface area (Å²) >= 11 is 1.52. The Hall–Kier alpha value is -1.61. The lowest BCUT2D eigenvalue weighted by molar-refractivity contribution is -0.119. The Morgan fingerprint density at radius 2 is 2.25 bits per heavy atom. The number of ether oxygens (including phenoxy) is 2. The van der Waals surface area contributed by atoms with Crippen LogP contribution in [0.2, 0.25) is 0 Å². The summed E-state index contributed by atoms with van der Waals surface area (Å²) in [5.41, 5.74) is 1.21. The van der Waals surface area contributed by atoms with Gasteiger partial charge in [-0.05, 0) is 18.2 Å². The summed E-state index contributed by atoms with van der Waals surface area (Å²) in [5.74, 6) is -0.226. The molecule has 2 aliphatic rings. The number of carbonyl (C=O) groups is 2. The fourth-order valence-electron chi connectivity index (χ4n) is 2.66. The van der Waals surface area contributed by atoms with Gasteiger partial charge in [0.2, 0.25) is 0 Å². The molecule has 2 heterocycles. The molecule has 1 fully saturated rings. The van der Waals surface area contributed by atoms with Crippen molar-refractivity contribution in [1.29, 1.82) is 0 Å². The van der Waals surface area contributed by atoms with Crippen molar-refractivity contribution in [3.63, 3.8) is 0 Å². The fourth-order valence-corrected chi connectivity index (χ4v) is 3.81. The van der Waals surface area contributed by atoms with Crippen LogP contribution in [0.25, 0.3) is 0 Å². The maximum atomic E-state index is 12.4. The second-order valence-electron chi connectivity index (χ2n) is 5.57. The molecule has 3 rings (SSSR count). The molecule has 0 spiro atoms. The maximum Gasteiger partial charge on any atom is 0.252 e. The highest BCUT2D eigenvalue weighted by Gasteiger charge is 2.33. The molecule has 1 unspecified atom stereocenters. The van der Waals surface area contributed by atoms with Gasteiger partial charge in [0.1, 0.15) is 5.37 Å². The predicted octanol–water partition coefficient (Wildman–Crippen LogP) is 0.765. The van der Waals surface area contributed by atoms with Crippen molar-refractivity contribution in [2.24, 2.45) is 0 Å². The summed E-state index contributed by atoms with van der Waals surface area (Å²) in [7, 11) is 1.59. The lowest BCUT2D eigenvalue weighted by atomic mass is 10.2. The molecule has 0 bridgehead atoms. The smallest absolute Gasteiger partial charge is 0.252 e. The Kier molecular flexibility index (Phi) is 5.72. The summed E-state index contributed by atoms with van der Waals surface area (Å²) < 4.78 is 10.3. The van der Waals surface area contributed by atoms with Gasteiger partial charge in [0.15, 0.2) is 0 Å². The van der Waals surface area contributed by atoms with Crippen molar-refractivity contribution < 1.29 is 19.1 Å². The number of thioether (sulfide) groups is 1. The minimum absolute atomic E-state index is 0.0497. The van der Waals surface area contributed by atoms with E-state index in [2.05, 4.69) is 15.5 Å². The summed E-state index contributed by atoms with van der Waals surface area (Å²) in [6.07, 6.45) is 0. The van der Waals surface area contributed by atoms with Crippen LogP contribution in [0.1, 0.15) is 10.4 Å². The van der Waals surface area contributed by atoms with E-state index >= 15 is 0 Å². The van der Waals surface area contributed by atoms with Crippen LogP contribution in [0.15, 0.2) is 23.1 Å². The molecule has 1 aromatic rings. The first-order chi connectivity index (χ1) is 11.7. The first-order valence-electron chi connectivity index (χ1n) is 7.89. The van der Waals surface area contributed by atoms with Gasteiger partial charge in [-0.1, -0.05) is 11.8 Å². The summed E-state index contributed by atoms with van der Waals surface area (Å²) in [4.78, 5) is 27.6. The number of carbonyl (C=O) groups excluding carboxylic acids is 2. The van der Waals surface area contributed by atoms with Crippen LogP contribution in [0, 0.1) is 0 Å². The van der Waals surface area contributed by atoms with E-state index in [1.54, 1.807) is 19.2 Å². The Morgan fingerprint density at radius 3 is 3.00 bits per heavy atom. The summed E-state index contributed by atoms with van der Waals surface area (Å²) in [6, 6.07) is 5.39. The number of methoxy groups -OCH3 is 1. The average Bonchev–Trinajstić information content (AvgIpc) is 2.61. The number of anilines is 1. The number of benzene rings is 1. The highest BCUT2D eigenvalue weighted by atomic mass is 32.2. The lowest BCUT2D eigenvalue weighted by Crippen LogP contribution is -2.48. The van der Waals surface area contributed by atoms with Gasteiger partial charge >= 0.3 is 0 Å². The van der Waals surface area contributed by atoms with Crippen LogP contribution in [0.3, 0.4) is 0 Å². The minimum Gasteiger partial charge on any atom is -0.383 e. The molecule has 0 aromatic heterocycles. The monoisotopic (exact) mass is 351 g/mol. The Labute approximate surface area is 145 Å². The number of fused-ring (bicyclic) bond motifs is 1. The number of rotatable bonds is 5. The minimum atomic E-state index is -0.247. The van der Waals surface area contributed by atoms with Gasteiger partial charge < -0.3 is 20.1 Å². The van der Waals surface area contributed by atoms with Crippen LogP contribution in [-0.2, 0) is 14.3 Å².